The van der Waals surface area contributed by atoms with Gasteiger partial charge in [-0.3, -0.25) is 0 Å². The van der Waals surface area contributed by atoms with Crippen LogP contribution in [0.2, 0.25) is 0 Å². The lowest BCUT2D eigenvalue weighted by Crippen LogP contribution is -2.12. The maximum Gasteiger partial charge on any atom is 0.125 e. The molecule has 0 radical (unpaired) electrons. The highest BCUT2D eigenvalue weighted by atomic mass is 16.5. The molecule has 1 aliphatic heterocycles. The number of ether oxygens (including phenoxy) is 2. The fourth-order valence-electron chi connectivity index (χ4n) is 2.79. The van der Waals surface area contributed by atoms with Crippen molar-refractivity contribution in [3.8, 4) is 17.6 Å². The van der Waals surface area contributed by atoms with E-state index in [9.17, 15) is 0 Å². The zero-order valence-electron chi connectivity index (χ0n) is 12.2. The van der Waals surface area contributed by atoms with Gasteiger partial charge >= 0.3 is 0 Å². The predicted octanol–water partition coefficient (Wildman–Crippen LogP) is 3.73. The zero-order chi connectivity index (χ0) is 14.8. The van der Waals surface area contributed by atoms with Crippen LogP contribution in [0.25, 0.3) is 0 Å². The average molecular weight is 279 g/mol. The van der Waals surface area contributed by atoms with Crippen molar-refractivity contribution in [1.29, 1.82) is 5.26 Å². The highest BCUT2D eigenvalue weighted by Crippen LogP contribution is 2.34. The van der Waals surface area contributed by atoms with E-state index in [0.29, 0.717) is 18.8 Å². The first kappa shape index (κ1) is 13.5. The molecule has 0 aromatic heterocycles. The minimum absolute atomic E-state index is 0.260. The van der Waals surface area contributed by atoms with Crippen LogP contribution in [0.4, 0.5) is 0 Å². The van der Waals surface area contributed by atoms with Gasteiger partial charge in [0.1, 0.15) is 11.5 Å². The van der Waals surface area contributed by atoms with Gasteiger partial charge in [0.2, 0.25) is 0 Å². The molecule has 1 atom stereocenters. The summed E-state index contributed by atoms with van der Waals surface area (Å²) in [4.78, 5) is 0. The predicted molar refractivity (Wildman–Crippen MR) is 80.8 cm³/mol. The van der Waals surface area contributed by atoms with Crippen LogP contribution in [0.5, 0.6) is 11.5 Å². The molecule has 1 heterocycles. The van der Waals surface area contributed by atoms with E-state index in [2.05, 4.69) is 12.1 Å². The molecular weight excluding hydrogens is 262 g/mol. The molecule has 0 saturated heterocycles. The molecular formula is C18H17NO2. The molecule has 3 nitrogen and oxygen atoms in total. The van der Waals surface area contributed by atoms with Crippen LogP contribution >= 0.6 is 0 Å². The normalized spacial score (nSPS) is 16.0. The number of nitrogens with zero attached hydrogens (tertiary/aromatic N) is 1. The average Bonchev–Trinajstić information content (AvgIpc) is 2.89. The van der Waals surface area contributed by atoms with Crippen LogP contribution in [0, 0.1) is 25.2 Å². The first-order valence-corrected chi connectivity index (χ1v) is 7.05. The number of aryl methyl sites for hydroxylation is 2. The fraction of sp³-hybridized carbons (Fsp3) is 0.278. The zero-order valence-corrected chi connectivity index (χ0v) is 12.2. The molecule has 0 bridgehead atoms. The summed E-state index contributed by atoms with van der Waals surface area (Å²) in [6.45, 7) is 5.20. The summed E-state index contributed by atoms with van der Waals surface area (Å²) >= 11 is 0. The van der Waals surface area contributed by atoms with Crippen LogP contribution in [-0.4, -0.2) is 13.2 Å². The second-order valence-electron chi connectivity index (χ2n) is 5.41. The topological polar surface area (TPSA) is 42.2 Å². The summed E-state index contributed by atoms with van der Waals surface area (Å²) in [6, 6.07) is 14.0. The third-order valence-electron chi connectivity index (χ3n) is 3.82. The molecule has 0 amide bonds. The van der Waals surface area contributed by atoms with Crippen molar-refractivity contribution in [3.05, 3.63) is 58.7 Å². The van der Waals surface area contributed by atoms with E-state index in [1.54, 1.807) is 0 Å². The summed E-state index contributed by atoms with van der Waals surface area (Å²) in [6.07, 6.45) is 0. The molecule has 0 spiro atoms. The van der Waals surface area contributed by atoms with Gasteiger partial charge < -0.3 is 9.47 Å². The number of nitriles is 1. The minimum Gasteiger partial charge on any atom is -0.493 e. The van der Waals surface area contributed by atoms with Crippen LogP contribution < -0.4 is 9.47 Å². The third kappa shape index (κ3) is 2.57. The maximum atomic E-state index is 8.98. The number of para-hydroxylation sites is 1. The number of fused-ring (bicyclic) bond motifs is 1. The van der Waals surface area contributed by atoms with Gasteiger partial charge in [0.25, 0.3) is 0 Å². The molecule has 21 heavy (non-hydrogen) atoms. The van der Waals surface area contributed by atoms with Gasteiger partial charge in [-0.25, -0.2) is 0 Å². The Morgan fingerprint density at radius 3 is 2.67 bits per heavy atom. The van der Waals surface area contributed by atoms with Gasteiger partial charge in [0.05, 0.1) is 30.8 Å². The molecule has 2 aromatic rings. The van der Waals surface area contributed by atoms with E-state index < -0.39 is 0 Å². The Balaban J connectivity index is 1.77. The van der Waals surface area contributed by atoms with E-state index in [4.69, 9.17) is 14.7 Å². The van der Waals surface area contributed by atoms with Crippen molar-refractivity contribution in [2.75, 3.05) is 13.2 Å². The van der Waals surface area contributed by atoms with E-state index in [1.165, 1.54) is 5.56 Å². The van der Waals surface area contributed by atoms with Crippen LogP contribution in [-0.2, 0) is 0 Å². The highest BCUT2D eigenvalue weighted by Gasteiger charge is 2.24. The van der Waals surface area contributed by atoms with Crippen molar-refractivity contribution in [3.63, 3.8) is 0 Å². The third-order valence-corrected chi connectivity index (χ3v) is 3.82. The first-order valence-electron chi connectivity index (χ1n) is 7.05. The second-order valence-corrected chi connectivity index (χ2v) is 5.41. The highest BCUT2D eigenvalue weighted by molar-refractivity contribution is 5.47. The first-order chi connectivity index (χ1) is 10.2. The SMILES string of the molecule is Cc1cc(C#N)cc(C)c1OCC1COc2ccccc21. The Morgan fingerprint density at radius 2 is 1.95 bits per heavy atom. The van der Waals surface area contributed by atoms with Gasteiger partial charge in [0, 0.05) is 5.56 Å². The molecule has 3 rings (SSSR count). The standard InChI is InChI=1S/C18H17NO2/c1-12-7-14(9-19)8-13(2)18(12)21-11-15-10-20-17-6-4-3-5-16(15)17/h3-8,15H,10-11H2,1-2H3. The minimum atomic E-state index is 0.260. The van der Waals surface area contributed by atoms with Crippen molar-refractivity contribution >= 4 is 0 Å². The van der Waals surface area contributed by atoms with E-state index in [1.807, 2.05) is 44.2 Å². The van der Waals surface area contributed by atoms with Crippen molar-refractivity contribution in [2.24, 2.45) is 0 Å². The van der Waals surface area contributed by atoms with E-state index in [-0.39, 0.29) is 5.92 Å². The lowest BCUT2D eigenvalue weighted by atomic mass is 10.0. The van der Waals surface area contributed by atoms with Crippen LogP contribution in [0.1, 0.15) is 28.2 Å². The monoisotopic (exact) mass is 279 g/mol. The Bertz CT molecular complexity index is 692. The van der Waals surface area contributed by atoms with Crippen molar-refractivity contribution in [2.45, 2.75) is 19.8 Å². The smallest absolute Gasteiger partial charge is 0.125 e. The molecule has 1 aliphatic rings. The summed E-state index contributed by atoms with van der Waals surface area (Å²) in [5, 5.41) is 8.98. The van der Waals surface area contributed by atoms with E-state index >= 15 is 0 Å². The summed E-state index contributed by atoms with van der Waals surface area (Å²) in [5.74, 6) is 2.09. The Hall–Kier alpha value is -2.47. The molecule has 0 aliphatic carbocycles. The summed E-state index contributed by atoms with van der Waals surface area (Å²) in [7, 11) is 0. The fourth-order valence-corrected chi connectivity index (χ4v) is 2.79. The number of hydrogen-bond acceptors (Lipinski definition) is 3. The van der Waals surface area contributed by atoms with Crippen molar-refractivity contribution in [1.82, 2.24) is 0 Å². The number of rotatable bonds is 3. The van der Waals surface area contributed by atoms with Crippen LogP contribution in [0.3, 0.4) is 0 Å². The Kier molecular flexibility index (Phi) is 3.53. The summed E-state index contributed by atoms with van der Waals surface area (Å²) in [5.41, 5.74) is 3.88. The molecule has 0 saturated carbocycles. The van der Waals surface area contributed by atoms with Gasteiger partial charge in [0.15, 0.2) is 0 Å². The number of benzene rings is 2. The Labute approximate surface area is 124 Å². The molecule has 1 unspecified atom stereocenters. The van der Waals surface area contributed by atoms with Gasteiger partial charge in [-0.15, -0.1) is 0 Å². The van der Waals surface area contributed by atoms with Gasteiger partial charge in [-0.05, 0) is 43.2 Å². The van der Waals surface area contributed by atoms with Crippen LogP contribution in [0.15, 0.2) is 36.4 Å². The van der Waals surface area contributed by atoms with Crippen molar-refractivity contribution < 1.29 is 9.47 Å². The van der Waals surface area contributed by atoms with Gasteiger partial charge in [-0.1, -0.05) is 18.2 Å². The molecule has 3 heteroatoms. The maximum absolute atomic E-state index is 8.98. The second kappa shape index (κ2) is 5.49. The van der Waals surface area contributed by atoms with Gasteiger partial charge in [-0.2, -0.15) is 5.26 Å². The van der Waals surface area contributed by atoms with E-state index in [0.717, 1.165) is 22.6 Å². The number of hydrogen-bond donors (Lipinski definition) is 0. The molecule has 0 N–H and O–H groups in total. The molecule has 2 aromatic carbocycles. The quantitative estimate of drug-likeness (QED) is 0.859. The Morgan fingerprint density at radius 1 is 1.24 bits per heavy atom. The largest absolute Gasteiger partial charge is 0.493 e. The molecule has 106 valence electrons. The lowest BCUT2D eigenvalue weighted by Gasteiger charge is -2.15. The lowest BCUT2D eigenvalue weighted by molar-refractivity contribution is 0.246. The summed E-state index contributed by atoms with van der Waals surface area (Å²) < 4.78 is 11.7. The molecule has 0 fully saturated rings.